The number of hydrogen-bond donors (Lipinski definition) is 1. The molecule has 1 saturated heterocycles. The van der Waals surface area contributed by atoms with Gasteiger partial charge in [-0.15, -0.1) is 0 Å². The zero-order chi connectivity index (χ0) is 12.4. The highest BCUT2D eigenvalue weighted by atomic mass is 35.5. The molecule has 3 rings (SSSR count). The van der Waals surface area contributed by atoms with E-state index in [0.29, 0.717) is 6.04 Å². The van der Waals surface area contributed by atoms with E-state index in [1.807, 2.05) is 30.6 Å². The molecule has 18 heavy (non-hydrogen) atoms. The van der Waals surface area contributed by atoms with E-state index in [0.717, 1.165) is 29.4 Å². The molecule has 1 aliphatic rings. The summed E-state index contributed by atoms with van der Waals surface area (Å²) < 4.78 is 2.24. The number of nitrogens with zero attached hydrogens (tertiary/aromatic N) is 2. The van der Waals surface area contributed by atoms with Crippen LogP contribution in [0.2, 0.25) is 5.02 Å². The van der Waals surface area contributed by atoms with Gasteiger partial charge in [0.1, 0.15) is 0 Å². The van der Waals surface area contributed by atoms with Crippen molar-refractivity contribution in [1.29, 1.82) is 0 Å². The second-order valence-corrected chi connectivity index (χ2v) is 5.13. The molecule has 0 amide bonds. The SMILES string of the molecule is Clc1ccc(-c2cn(C3CCNCC3)cn2)cc1. The smallest absolute Gasteiger partial charge is 0.0956 e. The number of rotatable bonds is 2. The van der Waals surface area contributed by atoms with Crippen LogP contribution in [0, 0.1) is 0 Å². The summed E-state index contributed by atoms with van der Waals surface area (Å²) in [5, 5.41) is 4.14. The van der Waals surface area contributed by atoms with Gasteiger partial charge in [-0.3, -0.25) is 0 Å². The summed E-state index contributed by atoms with van der Waals surface area (Å²) in [6.45, 7) is 2.19. The molecule has 2 aromatic rings. The summed E-state index contributed by atoms with van der Waals surface area (Å²) >= 11 is 5.89. The first-order valence-corrected chi connectivity index (χ1v) is 6.71. The number of halogens is 1. The monoisotopic (exact) mass is 261 g/mol. The Hall–Kier alpha value is -1.32. The van der Waals surface area contributed by atoms with Gasteiger partial charge in [0.25, 0.3) is 0 Å². The average molecular weight is 262 g/mol. The Morgan fingerprint density at radius 1 is 1.17 bits per heavy atom. The summed E-state index contributed by atoms with van der Waals surface area (Å²) in [6, 6.07) is 8.41. The predicted molar refractivity (Wildman–Crippen MR) is 73.8 cm³/mol. The van der Waals surface area contributed by atoms with Crippen LogP contribution in [0.3, 0.4) is 0 Å². The molecule has 0 aliphatic carbocycles. The van der Waals surface area contributed by atoms with Crippen LogP contribution in [0.5, 0.6) is 0 Å². The van der Waals surface area contributed by atoms with Crippen LogP contribution in [-0.4, -0.2) is 22.6 Å². The summed E-state index contributed by atoms with van der Waals surface area (Å²) in [5.74, 6) is 0. The van der Waals surface area contributed by atoms with E-state index < -0.39 is 0 Å². The van der Waals surface area contributed by atoms with Gasteiger partial charge >= 0.3 is 0 Å². The highest BCUT2D eigenvalue weighted by molar-refractivity contribution is 6.30. The lowest BCUT2D eigenvalue weighted by atomic mass is 10.1. The number of imidazole rings is 1. The average Bonchev–Trinajstić information content (AvgIpc) is 2.90. The number of aromatic nitrogens is 2. The van der Waals surface area contributed by atoms with E-state index in [1.165, 1.54) is 12.8 Å². The fraction of sp³-hybridized carbons (Fsp3) is 0.357. The second kappa shape index (κ2) is 5.12. The minimum absolute atomic E-state index is 0.583. The lowest BCUT2D eigenvalue weighted by Crippen LogP contribution is -2.28. The van der Waals surface area contributed by atoms with Gasteiger partial charge in [0, 0.05) is 22.8 Å². The van der Waals surface area contributed by atoms with Crippen molar-refractivity contribution in [3.8, 4) is 11.3 Å². The Bertz CT molecular complexity index is 512. The maximum absolute atomic E-state index is 5.89. The predicted octanol–water partition coefficient (Wildman–Crippen LogP) is 3.13. The van der Waals surface area contributed by atoms with Crippen LogP contribution >= 0.6 is 11.6 Å². The van der Waals surface area contributed by atoms with Crippen LogP contribution in [0.15, 0.2) is 36.8 Å². The molecule has 1 aromatic heterocycles. The van der Waals surface area contributed by atoms with Gasteiger partial charge in [-0.1, -0.05) is 23.7 Å². The molecule has 3 nitrogen and oxygen atoms in total. The highest BCUT2D eigenvalue weighted by Crippen LogP contribution is 2.23. The fourth-order valence-electron chi connectivity index (χ4n) is 2.41. The van der Waals surface area contributed by atoms with E-state index in [1.54, 1.807) is 0 Å². The Morgan fingerprint density at radius 2 is 1.89 bits per heavy atom. The second-order valence-electron chi connectivity index (χ2n) is 4.69. The summed E-state index contributed by atoms with van der Waals surface area (Å²) in [4.78, 5) is 4.49. The molecule has 1 fully saturated rings. The third kappa shape index (κ3) is 2.42. The van der Waals surface area contributed by atoms with E-state index in [2.05, 4.69) is 21.1 Å². The minimum Gasteiger partial charge on any atom is -0.334 e. The van der Waals surface area contributed by atoms with Gasteiger partial charge in [0.2, 0.25) is 0 Å². The maximum atomic E-state index is 5.89. The van der Waals surface area contributed by atoms with Crippen LogP contribution in [0.1, 0.15) is 18.9 Å². The van der Waals surface area contributed by atoms with Crippen LogP contribution in [-0.2, 0) is 0 Å². The minimum atomic E-state index is 0.583. The molecule has 4 heteroatoms. The highest BCUT2D eigenvalue weighted by Gasteiger charge is 2.15. The van der Waals surface area contributed by atoms with E-state index in [9.17, 15) is 0 Å². The molecule has 1 aliphatic heterocycles. The first-order valence-electron chi connectivity index (χ1n) is 6.33. The van der Waals surface area contributed by atoms with Crippen molar-refractivity contribution in [2.24, 2.45) is 0 Å². The number of hydrogen-bond acceptors (Lipinski definition) is 2. The Kier molecular flexibility index (Phi) is 3.35. The number of nitrogens with one attached hydrogen (secondary N) is 1. The molecule has 94 valence electrons. The molecule has 0 saturated carbocycles. The molecule has 1 aromatic carbocycles. The van der Waals surface area contributed by atoms with E-state index in [4.69, 9.17) is 11.6 Å². The van der Waals surface area contributed by atoms with Crippen molar-refractivity contribution in [1.82, 2.24) is 14.9 Å². The third-order valence-corrected chi connectivity index (χ3v) is 3.72. The van der Waals surface area contributed by atoms with Crippen LogP contribution in [0.25, 0.3) is 11.3 Å². The van der Waals surface area contributed by atoms with Crippen molar-refractivity contribution in [2.75, 3.05) is 13.1 Å². The maximum Gasteiger partial charge on any atom is 0.0956 e. The lowest BCUT2D eigenvalue weighted by molar-refractivity contribution is 0.368. The first-order chi connectivity index (χ1) is 8.83. The van der Waals surface area contributed by atoms with Crippen molar-refractivity contribution < 1.29 is 0 Å². The van der Waals surface area contributed by atoms with Crippen molar-refractivity contribution in [3.05, 3.63) is 41.8 Å². The molecule has 0 unspecified atom stereocenters. The zero-order valence-electron chi connectivity index (χ0n) is 10.1. The number of benzene rings is 1. The topological polar surface area (TPSA) is 29.9 Å². The Morgan fingerprint density at radius 3 is 2.61 bits per heavy atom. The Labute approximate surface area is 112 Å². The van der Waals surface area contributed by atoms with Gasteiger partial charge in [-0.05, 0) is 38.1 Å². The molecular formula is C14H16ClN3. The summed E-state index contributed by atoms with van der Waals surface area (Å²) in [5.41, 5.74) is 2.14. The fourth-order valence-corrected chi connectivity index (χ4v) is 2.54. The molecule has 0 bridgehead atoms. The van der Waals surface area contributed by atoms with Crippen LogP contribution in [0.4, 0.5) is 0 Å². The van der Waals surface area contributed by atoms with Crippen molar-refractivity contribution in [3.63, 3.8) is 0 Å². The van der Waals surface area contributed by atoms with Gasteiger partial charge in [0.15, 0.2) is 0 Å². The third-order valence-electron chi connectivity index (χ3n) is 3.47. The van der Waals surface area contributed by atoms with Crippen molar-refractivity contribution in [2.45, 2.75) is 18.9 Å². The van der Waals surface area contributed by atoms with E-state index >= 15 is 0 Å². The zero-order valence-corrected chi connectivity index (χ0v) is 10.9. The van der Waals surface area contributed by atoms with Crippen molar-refractivity contribution >= 4 is 11.6 Å². The van der Waals surface area contributed by atoms with Gasteiger partial charge in [-0.25, -0.2) is 4.98 Å². The molecule has 2 heterocycles. The normalized spacial score (nSPS) is 16.9. The van der Waals surface area contributed by atoms with Gasteiger partial charge in [0.05, 0.1) is 12.0 Å². The molecular weight excluding hydrogens is 246 g/mol. The molecule has 0 spiro atoms. The van der Waals surface area contributed by atoms with Gasteiger partial charge < -0.3 is 9.88 Å². The summed E-state index contributed by atoms with van der Waals surface area (Å²) in [6.07, 6.45) is 6.44. The van der Waals surface area contributed by atoms with E-state index in [-0.39, 0.29) is 0 Å². The standard InChI is InChI=1S/C14H16ClN3/c15-12-3-1-11(2-4-12)14-9-18(10-17-14)13-5-7-16-8-6-13/h1-4,9-10,13,16H,5-8H2. The summed E-state index contributed by atoms with van der Waals surface area (Å²) in [7, 11) is 0. The quantitative estimate of drug-likeness (QED) is 0.900. The Balaban J connectivity index is 1.82. The largest absolute Gasteiger partial charge is 0.334 e. The molecule has 0 radical (unpaired) electrons. The lowest BCUT2D eigenvalue weighted by Gasteiger charge is -2.23. The molecule has 1 N–H and O–H groups in total. The molecule has 0 atom stereocenters. The first kappa shape index (κ1) is 11.8. The van der Waals surface area contributed by atoms with Crippen LogP contribution < -0.4 is 5.32 Å². The van der Waals surface area contributed by atoms with Gasteiger partial charge in [-0.2, -0.15) is 0 Å². The number of piperidine rings is 1.